The molecule has 0 radical (unpaired) electrons. The molecule has 14 nitrogen and oxygen atoms in total. The van der Waals surface area contributed by atoms with E-state index in [1.165, 1.54) is 6.92 Å². The molecule has 156 valence electrons. The third kappa shape index (κ3) is 20.7. The van der Waals surface area contributed by atoms with Gasteiger partial charge in [-0.05, 0) is 6.92 Å². The summed E-state index contributed by atoms with van der Waals surface area (Å²) in [5.41, 5.74) is -2.74. The monoisotopic (exact) mass is 400 g/mol. The molecule has 0 aliphatic carbocycles. The van der Waals surface area contributed by atoms with Crippen molar-refractivity contribution in [3.05, 3.63) is 0 Å². The average molecular weight is 400 g/mol. The quantitative estimate of drug-likeness (QED) is 0.211. The molecule has 27 heavy (non-hydrogen) atoms. The molecule has 0 saturated heterocycles. The summed E-state index contributed by atoms with van der Waals surface area (Å²) >= 11 is 0. The van der Waals surface area contributed by atoms with E-state index in [0.29, 0.717) is 0 Å². The lowest BCUT2D eigenvalue weighted by molar-refractivity contribution is -0.170. The van der Waals surface area contributed by atoms with Gasteiger partial charge < -0.3 is 40.9 Å². The summed E-state index contributed by atoms with van der Waals surface area (Å²) in [6, 6.07) is 0. The van der Waals surface area contributed by atoms with E-state index in [4.69, 9.17) is 40.9 Å². The Labute approximate surface area is 150 Å². The number of carboxylic acids is 6. The molecule has 1 atom stereocenters. The maximum absolute atomic E-state index is 10.3. The number of aliphatic hydroxyl groups excluding tert-OH is 1. The molecule has 0 aliphatic rings. The van der Waals surface area contributed by atoms with Crippen LogP contribution in [0.1, 0.15) is 32.6 Å². The normalized spacial score (nSPS) is 10.8. The zero-order valence-electron chi connectivity index (χ0n) is 13.9. The summed E-state index contributed by atoms with van der Waals surface area (Å²) in [5, 5.41) is 65.4. The molecule has 0 aromatic rings. The van der Waals surface area contributed by atoms with E-state index >= 15 is 0 Å². The minimum absolute atomic E-state index is 0.296. The van der Waals surface area contributed by atoms with E-state index in [0.717, 1.165) is 0 Å². The SMILES string of the molecule is CC(O)C(=O)O.O=C(O)CC(O)(CC(=O)O)C(=O)O.O=C(O)CCC(=O)O. The van der Waals surface area contributed by atoms with Gasteiger partial charge in [0.1, 0.15) is 6.10 Å². The lowest BCUT2D eigenvalue weighted by Gasteiger charge is -2.18. The Kier molecular flexibility index (Phi) is 14.8. The molecule has 1 unspecified atom stereocenters. The summed E-state index contributed by atoms with van der Waals surface area (Å²) in [5.74, 6) is -8.36. The van der Waals surface area contributed by atoms with Crippen molar-refractivity contribution in [2.75, 3.05) is 0 Å². The minimum atomic E-state index is -2.74. The highest BCUT2D eigenvalue weighted by Gasteiger charge is 2.40. The highest BCUT2D eigenvalue weighted by atomic mass is 16.4. The molecular weight excluding hydrogens is 380 g/mol. The largest absolute Gasteiger partial charge is 0.481 e. The number of carboxylic acid groups (broad SMARTS) is 6. The van der Waals surface area contributed by atoms with Crippen molar-refractivity contribution in [1.82, 2.24) is 0 Å². The fourth-order valence-corrected chi connectivity index (χ4v) is 0.928. The van der Waals surface area contributed by atoms with Crippen LogP contribution < -0.4 is 0 Å². The Bertz CT molecular complexity index is 519. The van der Waals surface area contributed by atoms with Gasteiger partial charge in [0.05, 0.1) is 25.7 Å². The third-order valence-corrected chi connectivity index (χ3v) is 2.20. The maximum Gasteiger partial charge on any atom is 0.336 e. The molecule has 0 spiro atoms. The van der Waals surface area contributed by atoms with E-state index in [1.807, 2.05) is 0 Å². The van der Waals surface area contributed by atoms with Gasteiger partial charge in [-0.15, -0.1) is 0 Å². The van der Waals surface area contributed by atoms with Gasteiger partial charge in [-0.2, -0.15) is 0 Å². The standard InChI is InChI=1S/C6H8O7.C4H6O4.C3H6O3/c7-3(8)1-6(13,5(11)12)2-4(9)10;5-3(6)1-2-4(7)8;1-2(4)3(5)6/h13H,1-2H2,(H,7,8)(H,9,10)(H,11,12);1-2H2,(H,5,6)(H,7,8);2,4H,1H3,(H,5,6). The van der Waals surface area contributed by atoms with Crippen molar-refractivity contribution in [1.29, 1.82) is 0 Å². The van der Waals surface area contributed by atoms with Crippen molar-refractivity contribution in [2.24, 2.45) is 0 Å². The second-order valence-electron chi connectivity index (χ2n) is 4.78. The summed E-state index contributed by atoms with van der Waals surface area (Å²) in [4.78, 5) is 59.2. The van der Waals surface area contributed by atoms with Crippen LogP contribution in [0.5, 0.6) is 0 Å². The van der Waals surface area contributed by atoms with Crippen LogP contribution in [0.4, 0.5) is 0 Å². The molecule has 0 fully saturated rings. The van der Waals surface area contributed by atoms with Gasteiger partial charge in [-0.25, -0.2) is 9.59 Å². The summed E-state index contributed by atoms with van der Waals surface area (Å²) in [6.07, 6.45) is -4.11. The van der Waals surface area contributed by atoms with Crippen molar-refractivity contribution in [2.45, 2.75) is 44.3 Å². The van der Waals surface area contributed by atoms with E-state index in [2.05, 4.69) is 0 Å². The predicted molar refractivity (Wildman–Crippen MR) is 80.9 cm³/mol. The highest BCUT2D eigenvalue weighted by Crippen LogP contribution is 2.15. The van der Waals surface area contributed by atoms with Crippen LogP contribution in [-0.4, -0.2) is 88.4 Å². The molecule has 14 heteroatoms. The first-order chi connectivity index (χ1) is 12.0. The Morgan fingerprint density at radius 2 is 0.963 bits per heavy atom. The molecule has 8 N–H and O–H groups in total. The van der Waals surface area contributed by atoms with Gasteiger partial charge in [0.25, 0.3) is 0 Å². The zero-order valence-corrected chi connectivity index (χ0v) is 13.9. The Morgan fingerprint density at radius 1 is 0.704 bits per heavy atom. The topological polar surface area (TPSA) is 264 Å². The lowest BCUT2D eigenvalue weighted by atomic mass is 9.96. The second-order valence-corrected chi connectivity index (χ2v) is 4.78. The van der Waals surface area contributed by atoms with Crippen molar-refractivity contribution < 1.29 is 69.6 Å². The predicted octanol–water partition coefficient (Wildman–Crippen LogP) is -1.86. The molecule has 0 aromatic carbocycles. The number of carbonyl (C=O) groups is 6. The number of hydrogen-bond acceptors (Lipinski definition) is 8. The number of rotatable bonds is 9. The molecule has 0 saturated carbocycles. The molecular formula is C13H20O14. The summed E-state index contributed by atoms with van der Waals surface area (Å²) < 4.78 is 0. The zero-order chi connectivity index (χ0) is 22.4. The molecule has 0 amide bonds. The first-order valence-electron chi connectivity index (χ1n) is 6.79. The summed E-state index contributed by atoms with van der Waals surface area (Å²) in [7, 11) is 0. The lowest BCUT2D eigenvalue weighted by Crippen LogP contribution is -2.42. The Hall–Kier alpha value is -3.26. The van der Waals surface area contributed by atoms with Gasteiger partial charge in [0.15, 0.2) is 5.60 Å². The van der Waals surface area contributed by atoms with Crippen LogP contribution in [0.25, 0.3) is 0 Å². The van der Waals surface area contributed by atoms with E-state index in [9.17, 15) is 28.8 Å². The molecule has 0 heterocycles. The average Bonchev–Trinajstić information content (AvgIpc) is 2.44. The third-order valence-electron chi connectivity index (χ3n) is 2.20. The molecule has 0 aromatic heterocycles. The Morgan fingerprint density at radius 3 is 1.07 bits per heavy atom. The van der Waals surface area contributed by atoms with Crippen LogP contribution in [0, 0.1) is 0 Å². The van der Waals surface area contributed by atoms with E-state index < -0.39 is 60.4 Å². The van der Waals surface area contributed by atoms with Crippen LogP contribution in [-0.2, 0) is 28.8 Å². The smallest absolute Gasteiger partial charge is 0.336 e. The van der Waals surface area contributed by atoms with Gasteiger partial charge in [0, 0.05) is 0 Å². The fraction of sp³-hybridized carbons (Fsp3) is 0.538. The highest BCUT2D eigenvalue weighted by molar-refractivity contribution is 5.88. The van der Waals surface area contributed by atoms with Crippen molar-refractivity contribution in [3.8, 4) is 0 Å². The maximum atomic E-state index is 10.3. The van der Waals surface area contributed by atoms with Gasteiger partial charge in [-0.1, -0.05) is 0 Å². The summed E-state index contributed by atoms with van der Waals surface area (Å²) in [6.45, 7) is 1.20. The number of aliphatic carboxylic acids is 6. The van der Waals surface area contributed by atoms with Crippen LogP contribution in [0.3, 0.4) is 0 Å². The molecule has 0 rings (SSSR count). The van der Waals surface area contributed by atoms with Crippen LogP contribution in [0.15, 0.2) is 0 Å². The number of hydrogen-bond donors (Lipinski definition) is 8. The molecule has 0 bridgehead atoms. The first-order valence-corrected chi connectivity index (χ1v) is 6.79. The number of aliphatic hydroxyl groups is 2. The minimum Gasteiger partial charge on any atom is -0.481 e. The second kappa shape index (κ2) is 14.0. The van der Waals surface area contributed by atoms with Crippen LogP contribution >= 0.6 is 0 Å². The van der Waals surface area contributed by atoms with Crippen molar-refractivity contribution in [3.63, 3.8) is 0 Å². The Balaban J connectivity index is -0.000000351. The van der Waals surface area contributed by atoms with E-state index in [1.54, 1.807) is 0 Å². The van der Waals surface area contributed by atoms with Crippen LogP contribution in [0.2, 0.25) is 0 Å². The van der Waals surface area contributed by atoms with Crippen molar-refractivity contribution >= 4 is 35.8 Å². The first kappa shape index (κ1) is 28.5. The van der Waals surface area contributed by atoms with Gasteiger partial charge in [-0.3, -0.25) is 19.2 Å². The fourth-order valence-electron chi connectivity index (χ4n) is 0.928. The van der Waals surface area contributed by atoms with Gasteiger partial charge in [0.2, 0.25) is 0 Å². The van der Waals surface area contributed by atoms with Gasteiger partial charge >= 0.3 is 35.8 Å². The molecule has 0 aliphatic heterocycles. The van der Waals surface area contributed by atoms with E-state index in [-0.39, 0.29) is 12.8 Å².